The molecule has 0 radical (unpaired) electrons. The van der Waals surface area contributed by atoms with Crippen molar-refractivity contribution in [1.29, 1.82) is 0 Å². The standard InChI is InChI=1S/C15H21N5O/c1-9-7-11(3)20-14(17-9)13(12(4)18-20)15(21)19-6-5-16-10(2)8-19/h7,10,16H,5-6,8H2,1-4H3. The first-order valence-corrected chi connectivity index (χ1v) is 7.33. The van der Waals surface area contributed by atoms with Crippen LogP contribution in [0.5, 0.6) is 0 Å². The van der Waals surface area contributed by atoms with Gasteiger partial charge in [-0.2, -0.15) is 5.10 Å². The molecule has 1 saturated heterocycles. The first-order chi connectivity index (χ1) is 9.97. The lowest BCUT2D eigenvalue weighted by Crippen LogP contribution is -2.51. The number of fused-ring (bicyclic) bond motifs is 1. The van der Waals surface area contributed by atoms with Crippen LogP contribution in [-0.2, 0) is 0 Å². The maximum absolute atomic E-state index is 12.9. The highest BCUT2D eigenvalue weighted by Gasteiger charge is 2.27. The predicted octanol–water partition coefficient (Wildman–Crippen LogP) is 1.09. The van der Waals surface area contributed by atoms with Gasteiger partial charge in [-0.3, -0.25) is 4.79 Å². The third-order valence-electron chi connectivity index (χ3n) is 3.94. The van der Waals surface area contributed by atoms with E-state index in [2.05, 4.69) is 22.3 Å². The van der Waals surface area contributed by atoms with Crippen LogP contribution in [-0.4, -0.2) is 51.1 Å². The van der Waals surface area contributed by atoms with Crippen LogP contribution in [0.1, 0.15) is 34.4 Å². The number of hydrogen-bond donors (Lipinski definition) is 1. The van der Waals surface area contributed by atoms with Gasteiger partial charge in [0.1, 0.15) is 5.56 Å². The van der Waals surface area contributed by atoms with Gasteiger partial charge in [0.25, 0.3) is 5.91 Å². The molecule has 2 aromatic rings. The molecule has 0 aromatic carbocycles. The number of carbonyl (C=O) groups excluding carboxylic acids is 1. The molecule has 1 atom stereocenters. The summed E-state index contributed by atoms with van der Waals surface area (Å²) in [7, 11) is 0. The minimum atomic E-state index is 0.0355. The van der Waals surface area contributed by atoms with E-state index in [1.807, 2.05) is 31.7 Å². The molecule has 0 spiro atoms. The summed E-state index contributed by atoms with van der Waals surface area (Å²) in [5.74, 6) is 0.0355. The molecule has 1 aliphatic rings. The Balaban J connectivity index is 2.07. The average molecular weight is 287 g/mol. The van der Waals surface area contributed by atoms with Crippen molar-refractivity contribution in [3.8, 4) is 0 Å². The van der Waals surface area contributed by atoms with E-state index < -0.39 is 0 Å². The van der Waals surface area contributed by atoms with Crippen LogP contribution in [0.4, 0.5) is 0 Å². The van der Waals surface area contributed by atoms with E-state index >= 15 is 0 Å². The number of aromatic nitrogens is 3. The van der Waals surface area contributed by atoms with Crippen LogP contribution in [0.2, 0.25) is 0 Å². The number of carbonyl (C=O) groups is 1. The Labute approximate surface area is 124 Å². The Kier molecular flexibility index (Phi) is 3.41. The third-order valence-corrected chi connectivity index (χ3v) is 3.94. The van der Waals surface area contributed by atoms with E-state index in [1.54, 1.807) is 4.52 Å². The second-order valence-corrected chi connectivity index (χ2v) is 5.84. The van der Waals surface area contributed by atoms with Gasteiger partial charge in [0.2, 0.25) is 0 Å². The molecule has 3 heterocycles. The molecule has 6 nitrogen and oxygen atoms in total. The van der Waals surface area contributed by atoms with E-state index in [9.17, 15) is 4.79 Å². The molecule has 0 saturated carbocycles. The summed E-state index contributed by atoms with van der Waals surface area (Å²) < 4.78 is 1.77. The Morgan fingerprint density at radius 2 is 2.14 bits per heavy atom. The summed E-state index contributed by atoms with van der Waals surface area (Å²) in [5.41, 5.74) is 3.94. The van der Waals surface area contributed by atoms with Gasteiger partial charge in [-0.1, -0.05) is 0 Å². The molecule has 112 valence electrons. The number of rotatable bonds is 1. The quantitative estimate of drug-likeness (QED) is 0.853. The largest absolute Gasteiger partial charge is 0.336 e. The van der Waals surface area contributed by atoms with Gasteiger partial charge in [-0.15, -0.1) is 0 Å². The topological polar surface area (TPSA) is 62.5 Å². The van der Waals surface area contributed by atoms with Crippen molar-refractivity contribution >= 4 is 11.6 Å². The average Bonchev–Trinajstić information content (AvgIpc) is 2.74. The van der Waals surface area contributed by atoms with Crippen molar-refractivity contribution in [2.45, 2.75) is 33.7 Å². The zero-order valence-electron chi connectivity index (χ0n) is 13.0. The molecular formula is C15H21N5O. The molecule has 1 unspecified atom stereocenters. The summed E-state index contributed by atoms with van der Waals surface area (Å²) in [6.45, 7) is 10.2. The van der Waals surface area contributed by atoms with Gasteiger partial charge in [0.15, 0.2) is 5.65 Å². The second-order valence-electron chi connectivity index (χ2n) is 5.84. The van der Waals surface area contributed by atoms with E-state index in [0.29, 0.717) is 17.3 Å². The van der Waals surface area contributed by atoms with Gasteiger partial charge in [-0.05, 0) is 33.8 Å². The Hall–Kier alpha value is -1.95. The smallest absolute Gasteiger partial charge is 0.259 e. The van der Waals surface area contributed by atoms with Gasteiger partial charge in [-0.25, -0.2) is 9.50 Å². The Morgan fingerprint density at radius 1 is 1.38 bits per heavy atom. The van der Waals surface area contributed by atoms with Crippen LogP contribution >= 0.6 is 0 Å². The molecule has 6 heteroatoms. The summed E-state index contributed by atoms with van der Waals surface area (Å²) >= 11 is 0. The Bertz CT molecular complexity index is 706. The molecule has 0 bridgehead atoms. The first-order valence-electron chi connectivity index (χ1n) is 7.33. The van der Waals surface area contributed by atoms with Crippen molar-refractivity contribution < 1.29 is 4.79 Å². The first kappa shape index (κ1) is 14.0. The molecular weight excluding hydrogens is 266 g/mol. The third kappa shape index (κ3) is 2.40. The van der Waals surface area contributed by atoms with Crippen molar-refractivity contribution in [3.63, 3.8) is 0 Å². The highest BCUT2D eigenvalue weighted by Crippen LogP contribution is 2.19. The second kappa shape index (κ2) is 5.11. The van der Waals surface area contributed by atoms with Crippen molar-refractivity contribution in [1.82, 2.24) is 24.8 Å². The highest BCUT2D eigenvalue weighted by atomic mass is 16.2. The van der Waals surface area contributed by atoms with Crippen molar-refractivity contribution in [2.24, 2.45) is 0 Å². The molecule has 21 heavy (non-hydrogen) atoms. The maximum Gasteiger partial charge on any atom is 0.259 e. The molecule has 1 N–H and O–H groups in total. The maximum atomic E-state index is 12.9. The van der Waals surface area contributed by atoms with Gasteiger partial charge in [0, 0.05) is 37.1 Å². The van der Waals surface area contributed by atoms with E-state index in [4.69, 9.17) is 0 Å². The van der Waals surface area contributed by atoms with Crippen LogP contribution in [0.3, 0.4) is 0 Å². The normalized spacial score (nSPS) is 19.2. The van der Waals surface area contributed by atoms with Crippen LogP contribution < -0.4 is 5.32 Å². The van der Waals surface area contributed by atoms with E-state index in [-0.39, 0.29) is 5.91 Å². The molecule has 1 aliphatic heterocycles. The zero-order valence-corrected chi connectivity index (χ0v) is 13.0. The van der Waals surface area contributed by atoms with Crippen molar-refractivity contribution in [3.05, 3.63) is 28.7 Å². The summed E-state index contributed by atoms with van der Waals surface area (Å²) in [4.78, 5) is 19.3. The van der Waals surface area contributed by atoms with Gasteiger partial charge in [0.05, 0.1) is 5.69 Å². The number of piperazine rings is 1. The number of amides is 1. The van der Waals surface area contributed by atoms with Crippen LogP contribution in [0.15, 0.2) is 6.07 Å². The summed E-state index contributed by atoms with van der Waals surface area (Å²) in [6.07, 6.45) is 0. The number of aryl methyl sites for hydroxylation is 3. The molecule has 1 fully saturated rings. The minimum absolute atomic E-state index is 0.0355. The SMILES string of the molecule is Cc1cc(C)n2nc(C)c(C(=O)N3CCNC(C)C3)c2n1. The molecule has 3 rings (SSSR count). The number of nitrogens with one attached hydrogen (secondary N) is 1. The van der Waals surface area contributed by atoms with Crippen molar-refractivity contribution in [2.75, 3.05) is 19.6 Å². The highest BCUT2D eigenvalue weighted by molar-refractivity contribution is 6.01. The van der Waals surface area contributed by atoms with Crippen LogP contribution in [0, 0.1) is 20.8 Å². The zero-order chi connectivity index (χ0) is 15.1. The fraction of sp³-hybridized carbons (Fsp3) is 0.533. The fourth-order valence-electron chi connectivity index (χ4n) is 2.95. The molecule has 2 aromatic heterocycles. The summed E-state index contributed by atoms with van der Waals surface area (Å²) in [5, 5.41) is 7.83. The van der Waals surface area contributed by atoms with E-state index in [1.165, 1.54) is 0 Å². The lowest BCUT2D eigenvalue weighted by atomic mass is 10.1. The minimum Gasteiger partial charge on any atom is -0.336 e. The van der Waals surface area contributed by atoms with E-state index in [0.717, 1.165) is 36.7 Å². The summed E-state index contributed by atoms with van der Waals surface area (Å²) in [6, 6.07) is 2.29. The number of nitrogens with zero attached hydrogens (tertiary/aromatic N) is 4. The monoisotopic (exact) mass is 287 g/mol. The fourth-order valence-corrected chi connectivity index (χ4v) is 2.95. The van der Waals surface area contributed by atoms with Gasteiger partial charge < -0.3 is 10.2 Å². The van der Waals surface area contributed by atoms with Gasteiger partial charge >= 0.3 is 0 Å². The van der Waals surface area contributed by atoms with Crippen LogP contribution in [0.25, 0.3) is 5.65 Å². The predicted molar refractivity (Wildman–Crippen MR) is 80.6 cm³/mol. The molecule has 0 aliphatic carbocycles. The molecule has 1 amide bonds. The lowest BCUT2D eigenvalue weighted by Gasteiger charge is -2.31. The number of hydrogen-bond acceptors (Lipinski definition) is 4. The Morgan fingerprint density at radius 3 is 2.86 bits per heavy atom. The lowest BCUT2D eigenvalue weighted by molar-refractivity contribution is 0.0710.